The molecule has 1 amide bonds. The van der Waals surface area contributed by atoms with Gasteiger partial charge in [0.25, 0.3) is 5.91 Å². The Morgan fingerprint density at radius 1 is 1.28 bits per heavy atom. The zero-order valence-electron chi connectivity index (χ0n) is 17.8. The van der Waals surface area contributed by atoms with Gasteiger partial charge in [-0.3, -0.25) is 10.2 Å². The van der Waals surface area contributed by atoms with Crippen LogP contribution in [0.25, 0.3) is 0 Å². The van der Waals surface area contributed by atoms with Crippen molar-refractivity contribution in [3.63, 3.8) is 0 Å². The Morgan fingerprint density at radius 2 is 2.03 bits per heavy atom. The summed E-state index contributed by atoms with van der Waals surface area (Å²) in [5.74, 6) is -2.77. The molecule has 0 spiro atoms. The molecule has 2 unspecified atom stereocenters. The summed E-state index contributed by atoms with van der Waals surface area (Å²) in [7, 11) is 0. The lowest BCUT2D eigenvalue weighted by Gasteiger charge is -2.20. The topological polar surface area (TPSA) is 107 Å². The first-order valence-electron chi connectivity index (χ1n) is 10.5. The monoisotopic (exact) mass is 447 g/mol. The fraction of sp³-hybridized carbons (Fsp3) is 0.391. The summed E-state index contributed by atoms with van der Waals surface area (Å²) in [5.41, 5.74) is 6.21. The third-order valence-corrected chi connectivity index (χ3v) is 5.11. The zero-order chi connectivity index (χ0) is 23.1. The van der Waals surface area contributed by atoms with Crippen molar-refractivity contribution < 1.29 is 27.8 Å². The van der Waals surface area contributed by atoms with Gasteiger partial charge in [0.05, 0.1) is 11.7 Å². The average molecular weight is 447 g/mol. The molecular formula is C23H27F2N3O4. The summed E-state index contributed by atoms with van der Waals surface area (Å²) < 4.78 is 46.1. The number of hydrogen-bond acceptors (Lipinski definition) is 5. The SMILES string of the molecule is CCOC(C(=O)NCc1ccc(C(=N)N)cc1)c1c(F)ccc(OCC2CCCO2)c1F. The molecule has 172 valence electrons. The number of ether oxygens (including phenoxy) is 3. The smallest absolute Gasteiger partial charge is 0.254 e. The number of nitrogens with one attached hydrogen (secondary N) is 2. The molecule has 0 radical (unpaired) electrons. The molecule has 0 saturated carbocycles. The molecule has 0 aliphatic carbocycles. The number of benzene rings is 2. The van der Waals surface area contributed by atoms with Gasteiger partial charge in [0.1, 0.15) is 18.3 Å². The molecule has 7 nitrogen and oxygen atoms in total. The van der Waals surface area contributed by atoms with Crippen LogP contribution in [0.3, 0.4) is 0 Å². The van der Waals surface area contributed by atoms with E-state index >= 15 is 4.39 Å². The number of amides is 1. The van der Waals surface area contributed by atoms with E-state index in [1.165, 1.54) is 6.07 Å². The summed E-state index contributed by atoms with van der Waals surface area (Å²) in [5, 5.41) is 10.1. The summed E-state index contributed by atoms with van der Waals surface area (Å²) in [6.07, 6.45) is 0.105. The van der Waals surface area contributed by atoms with Gasteiger partial charge in [-0.2, -0.15) is 0 Å². The van der Waals surface area contributed by atoms with E-state index < -0.39 is 29.2 Å². The lowest BCUT2D eigenvalue weighted by molar-refractivity contribution is -0.133. The standard InChI is InChI=1S/C23H27F2N3O4/c1-2-30-21(23(29)28-12-14-5-7-15(8-6-14)22(26)27)19-17(24)9-10-18(20(19)25)32-13-16-4-3-11-31-16/h5-10,16,21H,2-4,11-13H2,1H3,(H3,26,27)(H,28,29). The number of hydrogen-bond donors (Lipinski definition) is 3. The van der Waals surface area contributed by atoms with Gasteiger partial charge in [-0.05, 0) is 37.5 Å². The lowest BCUT2D eigenvalue weighted by atomic mass is 10.1. The molecule has 2 atom stereocenters. The molecule has 1 fully saturated rings. The van der Waals surface area contributed by atoms with Crippen LogP contribution in [0.4, 0.5) is 8.78 Å². The first-order chi connectivity index (χ1) is 15.4. The van der Waals surface area contributed by atoms with Crippen molar-refractivity contribution in [2.75, 3.05) is 19.8 Å². The number of carbonyl (C=O) groups is 1. The van der Waals surface area contributed by atoms with Crippen molar-refractivity contribution in [1.29, 1.82) is 5.41 Å². The van der Waals surface area contributed by atoms with Gasteiger partial charge in [0, 0.05) is 25.3 Å². The van der Waals surface area contributed by atoms with Gasteiger partial charge in [-0.1, -0.05) is 24.3 Å². The number of rotatable bonds is 10. The van der Waals surface area contributed by atoms with Crippen LogP contribution in [0.5, 0.6) is 5.75 Å². The van der Waals surface area contributed by atoms with E-state index in [0.717, 1.165) is 24.5 Å². The van der Waals surface area contributed by atoms with Crippen LogP contribution in [0, 0.1) is 17.0 Å². The lowest BCUT2D eigenvalue weighted by Crippen LogP contribution is -2.32. The molecule has 9 heteroatoms. The molecular weight excluding hydrogens is 420 g/mol. The van der Waals surface area contributed by atoms with E-state index in [1.807, 2.05) is 0 Å². The number of amidine groups is 1. The summed E-state index contributed by atoms with van der Waals surface area (Å²) >= 11 is 0. The van der Waals surface area contributed by atoms with Crippen molar-refractivity contribution in [2.45, 2.75) is 38.5 Å². The minimum Gasteiger partial charge on any atom is -0.488 e. The van der Waals surface area contributed by atoms with Crippen LogP contribution in [0.2, 0.25) is 0 Å². The Hall–Kier alpha value is -3.04. The average Bonchev–Trinajstić information content (AvgIpc) is 3.30. The molecule has 1 aliphatic rings. The second kappa shape index (κ2) is 11.0. The third kappa shape index (κ3) is 5.80. The second-order valence-electron chi connectivity index (χ2n) is 7.38. The fourth-order valence-electron chi connectivity index (χ4n) is 3.40. The van der Waals surface area contributed by atoms with Crippen molar-refractivity contribution in [1.82, 2.24) is 5.32 Å². The molecule has 0 aromatic heterocycles. The second-order valence-corrected chi connectivity index (χ2v) is 7.38. The van der Waals surface area contributed by atoms with Crippen molar-refractivity contribution >= 4 is 11.7 Å². The summed E-state index contributed by atoms with van der Waals surface area (Å²) in [4.78, 5) is 12.8. The molecule has 2 aromatic rings. The molecule has 1 heterocycles. The van der Waals surface area contributed by atoms with E-state index in [9.17, 15) is 9.18 Å². The van der Waals surface area contributed by atoms with Crippen LogP contribution in [-0.4, -0.2) is 37.7 Å². The van der Waals surface area contributed by atoms with Gasteiger partial charge >= 0.3 is 0 Å². The summed E-state index contributed by atoms with van der Waals surface area (Å²) in [6, 6.07) is 8.96. The van der Waals surface area contributed by atoms with Gasteiger partial charge in [0.2, 0.25) is 0 Å². The Kier molecular flexibility index (Phi) is 8.13. The maximum Gasteiger partial charge on any atom is 0.254 e. The highest BCUT2D eigenvalue weighted by molar-refractivity contribution is 5.94. The number of halogens is 2. The van der Waals surface area contributed by atoms with Crippen LogP contribution in [0.1, 0.15) is 42.6 Å². The molecule has 1 aliphatic heterocycles. The first kappa shape index (κ1) is 23.6. The van der Waals surface area contributed by atoms with Gasteiger partial charge < -0.3 is 25.3 Å². The quantitative estimate of drug-likeness (QED) is 0.383. The molecule has 1 saturated heterocycles. The van der Waals surface area contributed by atoms with Gasteiger partial charge in [0.15, 0.2) is 17.7 Å². The fourth-order valence-corrected chi connectivity index (χ4v) is 3.40. The van der Waals surface area contributed by atoms with Gasteiger partial charge in [-0.25, -0.2) is 8.78 Å². The van der Waals surface area contributed by atoms with Crippen molar-refractivity contribution in [3.05, 3.63) is 64.7 Å². The van der Waals surface area contributed by atoms with Crippen molar-refractivity contribution in [3.8, 4) is 5.75 Å². The minimum atomic E-state index is -1.48. The van der Waals surface area contributed by atoms with E-state index in [0.29, 0.717) is 12.2 Å². The number of nitrogens with two attached hydrogens (primary N) is 1. The predicted molar refractivity (Wildman–Crippen MR) is 114 cm³/mol. The Balaban J connectivity index is 1.73. The maximum absolute atomic E-state index is 15.1. The first-order valence-corrected chi connectivity index (χ1v) is 10.5. The number of nitrogen functional groups attached to an aromatic ring is 1. The van der Waals surface area contributed by atoms with Crippen molar-refractivity contribution in [2.24, 2.45) is 5.73 Å². The Morgan fingerprint density at radius 3 is 2.66 bits per heavy atom. The molecule has 4 N–H and O–H groups in total. The van der Waals surface area contributed by atoms with E-state index in [1.54, 1.807) is 31.2 Å². The minimum absolute atomic E-state index is 0.0652. The van der Waals surface area contributed by atoms with E-state index in [-0.39, 0.29) is 37.4 Å². The normalized spacial score (nSPS) is 16.5. The number of carbonyl (C=O) groups excluding carboxylic acids is 1. The molecule has 3 rings (SSSR count). The highest BCUT2D eigenvalue weighted by Crippen LogP contribution is 2.31. The molecule has 32 heavy (non-hydrogen) atoms. The van der Waals surface area contributed by atoms with E-state index in [4.69, 9.17) is 25.4 Å². The highest BCUT2D eigenvalue weighted by Gasteiger charge is 2.30. The van der Waals surface area contributed by atoms with Crippen LogP contribution >= 0.6 is 0 Å². The van der Waals surface area contributed by atoms with Gasteiger partial charge in [-0.15, -0.1) is 0 Å². The Bertz CT molecular complexity index is 947. The van der Waals surface area contributed by atoms with Crippen LogP contribution in [0.15, 0.2) is 36.4 Å². The molecule has 2 aromatic carbocycles. The largest absolute Gasteiger partial charge is 0.488 e. The zero-order valence-corrected chi connectivity index (χ0v) is 17.8. The van der Waals surface area contributed by atoms with E-state index in [2.05, 4.69) is 5.32 Å². The highest BCUT2D eigenvalue weighted by atomic mass is 19.1. The Labute approximate surface area is 185 Å². The molecule has 0 bridgehead atoms. The maximum atomic E-state index is 15.1. The third-order valence-electron chi connectivity index (χ3n) is 5.11. The van der Waals surface area contributed by atoms with Crippen LogP contribution < -0.4 is 15.8 Å². The predicted octanol–water partition coefficient (Wildman–Crippen LogP) is 3.20. The summed E-state index contributed by atoms with van der Waals surface area (Å²) in [6.45, 7) is 2.59. The van der Waals surface area contributed by atoms with Crippen LogP contribution in [-0.2, 0) is 20.8 Å².